The zero-order chi connectivity index (χ0) is 16.8. The molecular weight excluding hydrogens is 308 g/mol. The molecule has 0 aliphatic rings. The molecule has 124 valence electrons. The topological polar surface area (TPSA) is 71.1 Å². The van der Waals surface area contributed by atoms with Gasteiger partial charge in [-0.25, -0.2) is 0 Å². The van der Waals surface area contributed by atoms with Gasteiger partial charge in [0, 0.05) is 32.6 Å². The quantitative estimate of drug-likeness (QED) is 0.635. The third-order valence-corrected chi connectivity index (χ3v) is 10.8. The largest absolute Gasteiger partial charge is 0.485 e. The lowest BCUT2D eigenvalue weighted by molar-refractivity contribution is -0.138. The van der Waals surface area contributed by atoms with Crippen molar-refractivity contribution in [2.75, 3.05) is 0 Å². The third-order valence-electron chi connectivity index (χ3n) is 2.33. The lowest BCUT2D eigenvalue weighted by Gasteiger charge is -2.35. The van der Waals surface area contributed by atoms with Crippen LogP contribution in [0.5, 0.6) is 0 Å². The van der Waals surface area contributed by atoms with Crippen molar-refractivity contribution in [1.82, 2.24) is 0 Å². The van der Waals surface area contributed by atoms with Crippen molar-refractivity contribution in [3.05, 3.63) is 0 Å². The first-order valence-electron chi connectivity index (χ1n) is 7.12. The van der Waals surface area contributed by atoms with E-state index in [2.05, 4.69) is 0 Å². The Bertz CT molecular complexity index is 344. The molecule has 6 nitrogen and oxygen atoms in total. The molecule has 0 aromatic carbocycles. The van der Waals surface area contributed by atoms with Gasteiger partial charge < -0.3 is 17.7 Å². The van der Waals surface area contributed by atoms with Crippen LogP contribution < -0.4 is 0 Å². The number of carbonyl (C=O) groups is 2. The molecule has 0 aromatic rings. The van der Waals surface area contributed by atoms with E-state index in [0.29, 0.717) is 5.67 Å². The predicted octanol–water partition coefficient (Wildman–Crippen LogP) is 2.65. The summed E-state index contributed by atoms with van der Waals surface area (Å²) in [7, 11) is -5.67. The lowest BCUT2D eigenvalue weighted by atomic mass is 10.5. The molecule has 0 aliphatic heterocycles. The van der Waals surface area contributed by atoms with Gasteiger partial charge in [0.25, 0.3) is 11.9 Å². The van der Waals surface area contributed by atoms with Crippen LogP contribution in [-0.4, -0.2) is 41.3 Å². The van der Waals surface area contributed by atoms with E-state index in [0.717, 1.165) is 0 Å². The van der Waals surface area contributed by atoms with E-state index in [4.69, 9.17) is 17.7 Å². The van der Waals surface area contributed by atoms with Gasteiger partial charge in [-0.2, -0.15) is 0 Å². The molecule has 0 N–H and O–H groups in total. The number of carbonyl (C=O) groups excluding carboxylic acids is 2. The molecule has 0 amide bonds. The van der Waals surface area contributed by atoms with Gasteiger partial charge in [0.05, 0.1) is 5.67 Å². The summed E-state index contributed by atoms with van der Waals surface area (Å²) in [5.74, 6) is -0.924. The van der Waals surface area contributed by atoms with Gasteiger partial charge in [-0.1, -0.05) is 0 Å². The summed E-state index contributed by atoms with van der Waals surface area (Å²) >= 11 is 0. The Morgan fingerprint density at radius 2 is 1.14 bits per heavy atom. The second kappa shape index (κ2) is 8.07. The maximum Gasteiger partial charge on any atom is 0.462 e. The van der Waals surface area contributed by atoms with Crippen molar-refractivity contribution in [3.63, 3.8) is 0 Å². The molecule has 0 saturated heterocycles. The highest BCUT2D eigenvalue weighted by Crippen LogP contribution is 2.27. The maximum absolute atomic E-state index is 11.3. The molecule has 0 aliphatic carbocycles. The number of rotatable bonds is 8. The Kier molecular flexibility index (Phi) is 7.79. The fourth-order valence-corrected chi connectivity index (χ4v) is 11.6. The smallest absolute Gasteiger partial charge is 0.462 e. The first-order valence-corrected chi connectivity index (χ1v) is 12.2. The van der Waals surface area contributed by atoms with Crippen molar-refractivity contribution >= 4 is 29.1 Å². The molecule has 21 heavy (non-hydrogen) atoms. The van der Waals surface area contributed by atoms with E-state index in [1.165, 1.54) is 13.8 Å². The molecule has 0 fully saturated rings. The normalized spacial score (nSPS) is 12.7. The van der Waals surface area contributed by atoms with Gasteiger partial charge in [0.15, 0.2) is 0 Å². The van der Waals surface area contributed by atoms with Crippen LogP contribution in [0, 0.1) is 0 Å². The minimum atomic E-state index is -3.03. The molecule has 0 spiro atoms. The summed E-state index contributed by atoms with van der Waals surface area (Å²) in [5, 5.41) is 0. The van der Waals surface area contributed by atoms with E-state index < -0.39 is 29.1 Å². The summed E-state index contributed by atoms with van der Waals surface area (Å²) in [6.07, 6.45) is -0.0401. The number of hydrogen-bond donors (Lipinski definition) is 0. The second-order valence-corrected chi connectivity index (χ2v) is 12.8. The number of hydrogen-bond acceptors (Lipinski definition) is 6. The highest BCUT2D eigenvalue weighted by Gasteiger charge is 2.50. The van der Waals surface area contributed by atoms with Crippen LogP contribution in [0.3, 0.4) is 0 Å². The Labute approximate surface area is 129 Å². The summed E-state index contributed by atoms with van der Waals surface area (Å²) in [5.41, 5.74) is 0.343. The molecule has 0 rings (SSSR count). The minimum Gasteiger partial charge on any atom is -0.485 e. The van der Waals surface area contributed by atoms with Gasteiger partial charge in [-0.3, -0.25) is 9.59 Å². The molecule has 0 unspecified atom stereocenters. The van der Waals surface area contributed by atoms with Gasteiger partial charge in [0.2, 0.25) is 0 Å². The maximum atomic E-state index is 11.3. The van der Waals surface area contributed by atoms with Crippen molar-refractivity contribution in [3.8, 4) is 0 Å². The summed E-state index contributed by atoms with van der Waals surface area (Å²) in [6.45, 7) is 13.9. The van der Waals surface area contributed by atoms with E-state index in [9.17, 15) is 9.59 Å². The Morgan fingerprint density at radius 1 is 0.810 bits per heavy atom. The van der Waals surface area contributed by atoms with Gasteiger partial charge in [-0.05, 0) is 34.2 Å². The van der Waals surface area contributed by atoms with E-state index in [1.807, 2.05) is 34.2 Å². The highest BCUT2D eigenvalue weighted by molar-refractivity contribution is 6.86. The zero-order valence-electron chi connectivity index (χ0n) is 14.3. The van der Waals surface area contributed by atoms with Gasteiger partial charge in [0.1, 0.15) is 0 Å². The Balaban J connectivity index is 5.27. The molecule has 0 radical (unpaired) electrons. The molecule has 0 saturated carbocycles. The average molecular weight is 337 g/mol. The average Bonchev–Trinajstić information content (AvgIpc) is 2.07. The highest BCUT2D eigenvalue weighted by atomic mass is 28.4. The SMILES string of the molecule is CC(=O)O[Si](C)(C[Si](C)(OC(C)C)OC(C)C)OC(C)=O. The lowest BCUT2D eigenvalue weighted by Crippen LogP contribution is -2.54. The van der Waals surface area contributed by atoms with Crippen molar-refractivity contribution < 1.29 is 27.3 Å². The molecule has 8 heteroatoms. The van der Waals surface area contributed by atoms with E-state index >= 15 is 0 Å². The van der Waals surface area contributed by atoms with Crippen molar-refractivity contribution in [2.24, 2.45) is 0 Å². The Hall–Kier alpha value is -0.706. The fourth-order valence-electron chi connectivity index (χ4n) is 2.39. The van der Waals surface area contributed by atoms with E-state index in [-0.39, 0.29) is 12.2 Å². The van der Waals surface area contributed by atoms with Crippen LogP contribution in [0.4, 0.5) is 0 Å². The molecule has 0 aromatic heterocycles. The van der Waals surface area contributed by atoms with Crippen LogP contribution in [0.25, 0.3) is 0 Å². The summed E-state index contributed by atoms with van der Waals surface area (Å²) in [6, 6.07) is 0. The summed E-state index contributed by atoms with van der Waals surface area (Å²) in [4.78, 5) is 22.7. The zero-order valence-corrected chi connectivity index (χ0v) is 16.3. The monoisotopic (exact) mass is 336 g/mol. The van der Waals surface area contributed by atoms with Gasteiger partial charge in [-0.15, -0.1) is 0 Å². The second-order valence-electron chi connectivity index (χ2n) is 5.96. The first kappa shape index (κ1) is 20.3. The molecule has 0 heterocycles. The van der Waals surface area contributed by atoms with E-state index in [1.54, 1.807) is 6.55 Å². The van der Waals surface area contributed by atoms with Crippen LogP contribution >= 0.6 is 0 Å². The van der Waals surface area contributed by atoms with Crippen molar-refractivity contribution in [1.29, 1.82) is 0 Å². The van der Waals surface area contributed by atoms with Crippen LogP contribution in [0.1, 0.15) is 41.5 Å². The third kappa shape index (κ3) is 9.02. The van der Waals surface area contributed by atoms with Gasteiger partial charge >= 0.3 is 17.1 Å². The van der Waals surface area contributed by atoms with Crippen LogP contribution in [0.2, 0.25) is 18.8 Å². The Morgan fingerprint density at radius 3 is 1.38 bits per heavy atom. The first-order chi connectivity index (χ1) is 9.37. The van der Waals surface area contributed by atoms with Crippen LogP contribution in [0.15, 0.2) is 0 Å². The fraction of sp³-hybridized carbons (Fsp3) is 0.846. The predicted molar refractivity (Wildman–Crippen MR) is 84.0 cm³/mol. The van der Waals surface area contributed by atoms with Crippen molar-refractivity contribution in [2.45, 2.75) is 72.5 Å². The molecule has 0 bridgehead atoms. The molecule has 0 atom stereocenters. The van der Waals surface area contributed by atoms with Crippen LogP contribution in [-0.2, 0) is 27.3 Å². The molecular formula is C13H28O6Si2. The standard InChI is InChI=1S/C13H28O6Si2/c1-10(2)16-20(7,17-11(3)4)9-21(8,18-12(5)14)19-13(6)15/h10-11H,9H2,1-8H3. The minimum absolute atomic E-state index is 0.0201. The summed E-state index contributed by atoms with van der Waals surface area (Å²) < 4.78 is 22.6.